The molecule has 2 aliphatic heterocycles. The molecule has 0 aliphatic carbocycles. The summed E-state index contributed by atoms with van der Waals surface area (Å²) < 4.78 is 10.8. The summed E-state index contributed by atoms with van der Waals surface area (Å²) in [5.74, 6) is -1.35. The Morgan fingerprint density at radius 3 is 2.83 bits per heavy atom. The number of rotatable bonds is 7. The maximum absolute atomic E-state index is 11.3. The SMILES string of the molecule is CO.O=CCCC(=O)OCC1CCC(N2C=CCC(C(=O)O)=C2)O1. The van der Waals surface area contributed by atoms with E-state index in [0.29, 0.717) is 18.3 Å². The summed E-state index contributed by atoms with van der Waals surface area (Å²) in [4.78, 5) is 34.2. The summed E-state index contributed by atoms with van der Waals surface area (Å²) in [5.41, 5.74) is 0.315. The van der Waals surface area contributed by atoms with Crippen LogP contribution >= 0.6 is 0 Å². The van der Waals surface area contributed by atoms with Gasteiger partial charge in [0.05, 0.1) is 18.1 Å². The molecule has 0 aromatic heterocycles. The van der Waals surface area contributed by atoms with Crippen molar-refractivity contribution in [2.45, 2.75) is 44.4 Å². The third-order valence-electron chi connectivity index (χ3n) is 3.51. The summed E-state index contributed by atoms with van der Waals surface area (Å²) in [5, 5.41) is 16.0. The fourth-order valence-corrected chi connectivity index (χ4v) is 2.36. The minimum absolute atomic E-state index is 0.0826. The average Bonchev–Trinajstić information content (AvgIpc) is 3.09. The van der Waals surface area contributed by atoms with Gasteiger partial charge < -0.3 is 29.4 Å². The number of carbonyl (C=O) groups excluding carboxylic acids is 2. The number of aliphatic hydroxyl groups is 1. The van der Waals surface area contributed by atoms with Gasteiger partial charge >= 0.3 is 11.9 Å². The van der Waals surface area contributed by atoms with Crippen molar-refractivity contribution < 1.29 is 34.1 Å². The predicted octanol–water partition coefficient (Wildman–Crippen LogP) is 0.810. The Bertz CT molecular complexity index is 501. The van der Waals surface area contributed by atoms with Crippen molar-refractivity contribution in [3.63, 3.8) is 0 Å². The second kappa shape index (κ2) is 10.6. The van der Waals surface area contributed by atoms with E-state index >= 15 is 0 Å². The number of aliphatic hydroxyl groups excluding tert-OH is 1. The monoisotopic (exact) mass is 341 g/mol. The third-order valence-corrected chi connectivity index (χ3v) is 3.51. The van der Waals surface area contributed by atoms with Gasteiger partial charge in [-0.25, -0.2) is 4.79 Å². The number of esters is 1. The van der Waals surface area contributed by atoms with Crippen molar-refractivity contribution in [1.82, 2.24) is 4.90 Å². The average molecular weight is 341 g/mol. The highest BCUT2D eigenvalue weighted by atomic mass is 16.6. The van der Waals surface area contributed by atoms with Crippen LogP contribution in [0.4, 0.5) is 0 Å². The molecule has 0 spiro atoms. The van der Waals surface area contributed by atoms with E-state index in [1.54, 1.807) is 23.4 Å². The van der Waals surface area contributed by atoms with Crippen LogP contribution in [0.25, 0.3) is 0 Å². The first-order valence-corrected chi connectivity index (χ1v) is 7.67. The highest BCUT2D eigenvalue weighted by Gasteiger charge is 2.30. The molecular weight excluding hydrogens is 318 g/mol. The van der Waals surface area contributed by atoms with Crippen molar-refractivity contribution in [3.8, 4) is 0 Å². The fraction of sp³-hybridized carbons (Fsp3) is 0.562. The van der Waals surface area contributed by atoms with E-state index in [0.717, 1.165) is 20.0 Å². The molecule has 2 N–H and O–H groups in total. The van der Waals surface area contributed by atoms with E-state index in [2.05, 4.69) is 0 Å². The lowest BCUT2D eigenvalue weighted by Gasteiger charge is -2.26. The van der Waals surface area contributed by atoms with Gasteiger partial charge in [0.25, 0.3) is 0 Å². The lowest BCUT2D eigenvalue weighted by Crippen LogP contribution is -2.30. The normalized spacial score (nSPS) is 22.2. The van der Waals surface area contributed by atoms with Crippen LogP contribution in [0, 0.1) is 0 Å². The summed E-state index contributed by atoms with van der Waals surface area (Å²) in [6.07, 6.45) is 7.48. The van der Waals surface area contributed by atoms with Gasteiger partial charge in [-0.15, -0.1) is 0 Å². The Kier molecular flexibility index (Phi) is 8.74. The van der Waals surface area contributed by atoms with Crippen molar-refractivity contribution in [2.24, 2.45) is 0 Å². The summed E-state index contributed by atoms with van der Waals surface area (Å²) in [7, 11) is 1.00. The predicted molar refractivity (Wildman–Crippen MR) is 83.6 cm³/mol. The summed E-state index contributed by atoms with van der Waals surface area (Å²) in [6, 6.07) is 0. The van der Waals surface area contributed by atoms with Crippen LogP contribution in [0.1, 0.15) is 32.1 Å². The number of carbonyl (C=O) groups is 3. The lowest BCUT2D eigenvalue weighted by molar-refractivity contribution is -0.149. The van der Waals surface area contributed by atoms with Gasteiger partial charge in [0, 0.05) is 32.4 Å². The smallest absolute Gasteiger partial charge is 0.333 e. The molecular formula is C16H23NO7. The largest absolute Gasteiger partial charge is 0.478 e. The van der Waals surface area contributed by atoms with E-state index in [4.69, 9.17) is 19.7 Å². The first kappa shape index (κ1) is 19.9. The van der Waals surface area contributed by atoms with Gasteiger partial charge in [0.1, 0.15) is 19.1 Å². The second-order valence-corrected chi connectivity index (χ2v) is 5.17. The zero-order valence-electron chi connectivity index (χ0n) is 13.6. The molecule has 0 aromatic rings. The molecule has 0 saturated carbocycles. The number of nitrogens with zero attached hydrogens (tertiary/aromatic N) is 1. The molecule has 2 aliphatic rings. The topological polar surface area (TPSA) is 113 Å². The number of aliphatic carboxylic acids is 1. The number of carboxylic acids is 1. The van der Waals surface area contributed by atoms with Crippen molar-refractivity contribution >= 4 is 18.2 Å². The van der Waals surface area contributed by atoms with E-state index in [1.165, 1.54) is 0 Å². The Labute approximate surface area is 140 Å². The molecule has 2 unspecified atom stereocenters. The van der Waals surface area contributed by atoms with Crippen molar-refractivity contribution in [2.75, 3.05) is 13.7 Å². The number of ether oxygens (including phenoxy) is 2. The lowest BCUT2D eigenvalue weighted by atomic mass is 10.1. The zero-order chi connectivity index (χ0) is 17.9. The molecule has 2 atom stereocenters. The molecule has 1 saturated heterocycles. The minimum atomic E-state index is -0.937. The maximum atomic E-state index is 11.3. The summed E-state index contributed by atoms with van der Waals surface area (Å²) in [6.45, 7) is 0.154. The van der Waals surface area contributed by atoms with Crippen molar-refractivity contribution in [3.05, 3.63) is 24.0 Å². The molecule has 8 heteroatoms. The van der Waals surface area contributed by atoms with Crippen LogP contribution in [-0.4, -0.2) is 59.4 Å². The Hall–Kier alpha value is -2.19. The third kappa shape index (κ3) is 6.13. The van der Waals surface area contributed by atoms with Gasteiger partial charge in [0.2, 0.25) is 0 Å². The van der Waals surface area contributed by atoms with E-state index in [1.807, 2.05) is 0 Å². The molecule has 0 aromatic carbocycles. The molecule has 24 heavy (non-hydrogen) atoms. The minimum Gasteiger partial charge on any atom is -0.478 e. The molecule has 134 valence electrons. The van der Waals surface area contributed by atoms with E-state index in [-0.39, 0.29) is 31.8 Å². The van der Waals surface area contributed by atoms with Gasteiger partial charge in [-0.3, -0.25) is 4.79 Å². The summed E-state index contributed by atoms with van der Waals surface area (Å²) >= 11 is 0. The molecule has 8 nitrogen and oxygen atoms in total. The number of hydrogen-bond donors (Lipinski definition) is 2. The first-order valence-electron chi connectivity index (χ1n) is 7.67. The van der Waals surface area contributed by atoms with Crippen LogP contribution in [0.2, 0.25) is 0 Å². The van der Waals surface area contributed by atoms with E-state index < -0.39 is 11.9 Å². The van der Waals surface area contributed by atoms with Crippen LogP contribution < -0.4 is 0 Å². The molecule has 0 amide bonds. The van der Waals surface area contributed by atoms with Crippen LogP contribution in [0.5, 0.6) is 0 Å². The Morgan fingerprint density at radius 1 is 1.42 bits per heavy atom. The second-order valence-electron chi connectivity index (χ2n) is 5.17. The van der Waals surface area contributed by atoms with E-state index in [9.17, 15) is 14.4 Å². The van der Waals surface area contributed by atoms with Crippen molar-refractivity contribution in [1.29, 1.82) is 0 Å². The highest BCUT2D eigenvalue weighted by Crippen LogP contribution is 2.26. The van der Waals surface area contributed by atoms with Gasteiger partial charge in [-0.1, -0.05) is 6.08 Å². The highest BCUT2D eigenvalue weighted by molar-refractivity contribution is 5.87. The maximum Gasteiger partial charge on any atom is 0.333 e. The van der Waals surface area contributed by atoms with Gasteiger partial charge in [-0.05, 0) is 12.8 Å². The van der Waals surface area contributed by atoms with Gasteiger partial charge in [-0.2, -0.15) is 0 Å². The molecule has 2 heterocycles. The quantitative estimate of drug-likeness (QED) is 0.517. The number of hydrogen-bond acceptors (Lipinski definition) is 7. The Balaban J connectivity index is 0.00000139. The zero-order valence-corrected chi connectivity index (χ0v) is 13.6. The molecule has 0 radical (unpaired) electrons. The molecule has 2 rings (SSSR count). The van der Waals surface area contributed by atoms with Crippen LogP contribution in [-0.2, 0) is 23.9 Å². The molecule has 1 fully saturated rings. The number of aldehydes is 1. The Morgan fingerprint density at radius 2 is 2.17 bits per heavy atom. The van der Waals surface area contributed by atoms with Gasteiger partial charge in [0.15, 0.2) is 0 Å². The van der Waals surface area contributed by atoms with Crippen LogP contribution in [0.15, 0.2) is 24.0 Å². The fourth-order valence-electron chi connectivity index (χ4n) is 2.36. The van der Waals surface area contributed by atoms with Crippen LogP contribution in [0.3, 0.4) is 0 Å². The standard InChI is InChI=1S/C15H19NO6.CH4O/c17-8-2-4-14(18)21-10-12-5-6-13(22-12)16-7-1-3-11(9-16)15(19)20;1-2/h1,7-9,12-13H,2-6,10H2,(H,19,20);2H,1H3. The number of carboxylic acid groups (broad SMARTS) is 1. The number of allylic oxidation sites excluding steroid dienone is 1. The first-order chi connectivity index (χ1) is 11.6. The molecule has 0 bridgehead atoms.